The molecule has 1 aliphatic heterocycles. The zero-order valence-electron chi connectivity index (χ0n) is 5.15. The first-order chi connectivity index (χ1) is 3.83. The predicted octanol–water partition coefficient (Wildman–Crippen LogP) is 0.634. The van der Waals surface area contributed by atoms with Crippen LogP contribution in [-0.2, 0) is 0 Å². The van der Waals surface area contributed by atoms with E-state index in [4.69, 9.17) is 5.41 Å². The summed E-state index contributed by atoms with van der Waals surface area (Å²) in [6.07, 6.45) is 2.63. The molecule has 46 valence electrons. The van der Waals surface area contributed by atoms with Crippen molar-refractivity contribution in [3.05, 3.63) is 0 Å². The summed E-state index contributed by atoms with van der Waals surface area (Å²) in [4.78, 5) is 0. The van der Waals surface area contributed by atoms with Gasteiger partial charge in [0.1, 0.15) is 0 Å². The van der Waals surface area contributed by atoms with Crippen LogP contribution in [0.15, 0.2) is 0 Å². The van der Waals surface area contributed by atoms with E-state index in [-0.39, 0.29) is 0 Å². The summed E-state index contributed by atoms with van der Waals surface area (Å²) in [6.45, 7) is 3.29. The average molecular weight is 112 g/mol. The van der Waals surface area contributed by atoms with Crippen LogP contribution in [0.2, 0.25) is 0 Å². The third-order valence-electron chi connectivity index (χ3n) is 1.59. The Labute approximate surface area is 49.8 Å². The van der Waals surface area contributed by atoms with Crippen LogP contribution in [0.1, 0.15) is 13.3 Å². The van der Waals surface area contributed by atoms with Crippen molar-refractivity contribution >= 4 is 6.21 Å². The third-order valence-corrected chi connectivity index (χ3v) is 1.59. The van der Waals surface area contributed by atoms with Gasteiger partial charge in [-0.05, 0) is 18.9 Å². The van der Waals surface area contributed by atoms with E-state index in [0.717, 1.165) is 18.9 Å². The van der Waals surface area contributed by atoms with Crippen molar-refractivity contribution in [2.75, 3.05) is 6.54 Å². The second-order valence-electron chi connectivity index (χ2n) is 2.52. The molecule has 0 amide bonds. The highest BCUT2D eigenvalue weighted by atomic mass is 14.9. The number of nitrogens with one attached hydrogen (secondary N) is 2. The van der Waals surface area contributed by atoms with Crippen molar-refractivity contribution < 1.29 is 0 Å². The molecule has 0 spiro atoms. The van der Waals surface area contributed by atoms with E-state index in [9.17, 15) is 0 Å². The van der Waals surface area contributed by atoms with Crippen LogP contribution in [0, 0.1) is 11.3 Å². The van der Waals surface area contributed by atoms with E-state index in [0.29, 0.717) is 6.04 Å². The molecule has 2 atom stereocenters. The first kappa shape index (κ1) is 5.76. The maximum absolute atomic E-state index is 6.90. The molecular formula is C6H12N2. The summed E-state index contributed by atoms with van der Waals surface area (Å²) >= 11 is 0. The molecule has 2 heteroatoms. The number of hydrogen-bond donors (Lipinski definition) is 2. The van der Waals surface area contributed by atoms with Crippen LogP contribution in [0.5, 0.6) is 0 Å². The molecule has 1 heterocycles. The second-order valence-corrected chi connectivity index (χ2v) is 2.52. The minimum atomic E-state index is 0.366. The molecule has 0 aromatic carbocycles. The Kier molecular flexibility index (Phi) is 1.63. The minimum absolute atomic E-state index is 0.366. The molecule has 0 aliphatic carbocycles. The van der Waals surface area contributed by atoms with E-state index in [1.165, 1.54) is 6.21 Å². The molecule has 0 saturated carbocycles. The van der Waals surface area contributed by atoms with Crippen molar-refractivity contribution in [3.63, 3.8) is 0 Å². The fourth-order valence-electron chi connectivity index (χ4n) is 1.08. The molecule has 1 fully saturated rings. The molecule has 8 heavy (non-hydrogen) atoms. The molecule has 0 aromatic rings. The topological polar surface area (TPSA) is 35.9 Å². The summed E-state index contributed by atoms with van der Waals surface area (Å²) in [7, 11) is 0. The third kappa shape index (κ3) is 1.07. The van der Waals surface area contributed by atoms with Crippen molar-refractivity contribution in [1.82, 2.24) is 5.32 Å². The smallest absolute Gasteiger partial charge is 0.0420 e. The van der Waals surface area contributed by atoms with Gasteiger partial charge in [0.15, 0.2) is 0 Å². The highest BCUT2D eigenvalue weighted by molar-refractivity contribution is 5.61. The Balaban J connectivity index is 2.32. The van der Waals surface area contributed by atoms with E-state index in [1.54, 1.807) is 0 Å². The Morgan fingerprint density at radius 1 is 1.75 bits per heavy atom. The normalized spacial score (nSPS) is 37.6. The van der Waals surface area contributed by atoms with Crippen LogP contribution < -0.4 is 5.32 Å². The molecule has 1 aliphatic rings. The lowest BCUT2D eigenvalue weighted by atomic mass is 10.1. The zero-order chi connectivity index (χ0) is 5.98. The summed E-state index contributed by atoms with van der Waals surface area (Å²) in [6, 6.07) is 0.366. The molecule has 2 nitrogen and oxygen atoms in total. The molecule has 0 bridgehead atoms. The van der Waals surface area contributed by atoms with E-state index >= 15 is 0 Å². The van der Waals surface area contributed by atoms with Gasteiger partial charge < -0.3 is 10.7 Å². The van der Waals surface area contributed by atoms with Gasteiger partial charge in [-0.25, -0.2) is 0 Å². The summed E-state index contributed by atoms with van der Waals surface area (Å²) in [5.41, 5.74) is 0. The highest BCUT2D eigenvalue weighted by Gasteiger charge is 2.17. The molecule has 1 saturated heterocycles. The second kappa shape index (κ2) is 2.27. The van der Waals surface area contributed by atoms with Crippen molar-refractivity contribution in [1.29, 1.82) is 5.41 Å². The summed E-state index contributed by atoms with van der Waals surface area (Å²) < 4.78 is 0. The summed E-state index contributed by atoms with van der Waals surface area (Å²) in [5.74, 6) is 0.765. The number of rotatable bonds is 1. The lowest BCUT2D eigenvalue weighted by Gasteiger charge is -1.97. The van der Waals surface area contributed by atoms with Gasteiger partial charge in [-0.3, -0.25) is 0 Å². The van der Waals surface area contributed by atoms with Crippen LogP contribution in [0.25, 0.3) is 0 Å². The highest BCUT2D eigenvalue weighted by Crippen LogP contribution is 2.09. The van der Waals surface area contributed by atoms with Crippen molar-refractivity contribution in [2.45, 2.75) is 19.4 Å². The fraction of sp³-hybridized carbons (Fsp3) is 0.833. The first-order valence-electron chi connectivity index (χ1n) is 3.07. The number of hydrogen-bond acceptors (Lipinski definition) is 2. The molecule has 0 radical (unpaired) electrons. The largest absolute Gasteiger partial charge is 0.311 e. The lowest BCUT2D eigenvalue weighted by molar-refractivity contribution is 0.646. The quantitative estimate of drug-likeness (QED) is 0.480. The molecule has 1 rings (SSSR count). The maximum Gasteiger partial charge on any atom is 0.0420 e. The molecule has 0 aromatic heterocycles. The Morgan fingerprint density at radius 2 is 2.50 bits per heavy atom. The van der Waals surface area contributed by atoms with Crippen LogP contribution in [0.4, 0.5) is 0 Å². The van der Waals surface area contributed by atoms with Crippen molar-refractivity contribution in [2.24, 2.45) is 5.92 Å². The summed E-state index contributed by atoms with van der Waals surface area (Å²) in [5, 5.41) is 10.1. The Bertz CT molecular complexity index is 90.5. The van der Waals surface area contributed by atoms with Crippen molar-refractivity contribution in [3.8, 4) is 0 Å². The minimum Gasteiger partial charge on any atom is -0.311 e. The van der Waals surface area contributed by atoms with Crippen LogP contribution >= 0.6 is 0 Å². The van der Waals surface area contributed by atoms with Gasteiger partial charge in [-0.1, -0.05) is 6.92 Å². The fourth-order valence-corrected chi connectivity index (χ4v) is 1.08. The molecule has 0 unspecified atom stereocenters. The average Bonchev–Trinajstić information content (AvgIpc) is 2.14. The Morgan fingerprint density at radius 3 is 2.75 bits per heavy atom. The van der Waals surface area contributed by atoms with E-state index < -0.39 is 0 Å². The van der Waals surface area contributed by atoms with Gasteiger partial charge in [0, 0.05) is 12.3 Å². The van der Waals surface area contributed by atoms with Gasteiger partial charge in [-0.2, -0.15) is 0 Å². The SMILES string of the molecule is C[C@@H]1CN[C@H](C=N)C1. The van der Waals surface area contributed by atoms with Crippen LogP contribution in [0.3, 0.4) is 0 Å². The molecular weight excluding hydrogens is 100 g/mol. The van der Waals surface area contributed by atoms with Gasteiger partial charge in [0.05, 0.1) is 0 Å². The standard InChI is InChI=1S/C6H12N2/c1-5-2-6(3-7)8-4-5/h3,5-8H,2,4H2,1H3/t5-,6-/m0/s1. The Hall–Kier alpha value is -0.370. The maximum atomic E-state index is 6.90. The van der Waals surface area contributed by atoms with Crippen LogP contribution in [-0.4, -0.2) is 18.8 Å². The van der Waals surface area contributed by atoms with E-state index in [1.807, 2.05) is 0 Å². The zero-order valence-corrected chi connectivity index (χ0v) is 5.15. The van der Waals surface area contributed by atoms with Gasteiger partial charge in [0.2, 0.25) is 0 Å². The lowest BCUT2D eigenvalue weighted by Crippen LogP contribution is -2.21. The predicted molar refractivity (Wildman–Crippen MR) is 34.4 cm³/mol. The molecule has 2 N–H and O–H groups in total. The van der Waals surface area contributed by atoms with E-state index in [2.05, 4.69) is 12.2 Å². The van der Waals surface area contributed by atoms with Gasteiger partial charge in [-0.15, -0.1) is 0 Å². The van der Waals surface area contributed by atoms with Gasteiger partial charge >= 0.3 is 0 Å². The first-order valence-corrected chi connectivity index (χ1v) is 3.07. The monoisotopic (exact) mass is 112 g/mol. The van der Waals surface area contributed by atoms with Gasteiger partial charge in [0.25, 0.3) is 0 Å².